The molecule has 5 heteroatoms. The van der Waals surface area contributed by atoms with Crippen LogP contribution < -0.4 is 14.8 Å². The predicted molar refractivity (Wildman–Crippen MR) is 80.0 cm³/mol. The van der Waals surface area contributed by atoms with E-state index < -0.39 is 0 Å². The van der Waals surface area contributed by atoms with Gasteiger partial charge in [-0.15, -0.1) is 0 Å². The minimum atomic E-state index is 0.0554. The van der Waals surface area contributed by atoms with Crippen molar-refractivity contribution in [2.75, 3.05) is 33.9 Å². The number of rotatable bonds is 3. The number of nitrogens with zero attached hydrogens (tertiary/aromatic N) is 1. The zero-order valence-corrected chi connectivity index (χ0v) is 12.6. The Hall–Kier alpha value is -1.75. The molecule has 0 aromatic heterocycles. The Morgan fingerprint density at radius 1 is 1.29 bits per heavy atom. The first-order valence-electron chi connectivity index (χ1n) is 7.47. The third kappa shape index (κ3) is 2.70. The second kappa shape index (κ2) is 5.93. The summed E-state index contributed by atoms with van der Waals surface area (Å²) in [6.07, 6.45) is 2.20. The number of hydrogen-bond donors (Lipinski definition) is 1. The highest BCUT2D eigenvalue weighted by molar-refractivity contribution is 5.97. The van der Waals surface area contributed by atoms with E-state index in [1.165, 1.54) is 0 Å². The largest absolute Gasteiger partial charge is 0.497 e. The number of hydrogen-bond acceptors (Lipinski definition) is 4. The molecule has 2 aliphatic heterocycles. The van der Waals surface area contributed by atoms with E-state index in [-0.39, 0.29) is 5.91 Å². The van der Waals surface area contributed by atoms with Crippen LogP contribution in [0.1, 0.15) is 23.2 Å². The summed E-state index contributed by atoms with van der Waals surface area (Å²) in [5, 5.41) is 3.52. The SMILES string of the molecule is COc1ccc(C(=O)N2CCC3NCCC3C2)c(OC)c1. The molecule has 1 aromatic carbocycles. The number of amides is 1. The van der Waals surface area contributed by atoms with Crippen LogP contribution in [0.15, 0.2) is 18.2 Å². The van der Waals surface area contributed by atoms with Gasteiger partial charge in [0.1, 0.15) is 11.5 Å². The van der Waals surface area contributed by atoms with E-state index in [9.17, 15) is 4.79 Å². The predicted octanol–water partition coefficient (Wildman–Crippen LogP) is 1.53. The molecule has 0 aliphatic carbocycles. The van der Waals surface area contributed by atoms with Crippen LogP contribution in [0.5, 0.6) is 11.5 Å². The van der Waals surface area contributed by atoms with Crippen molar-refractivity contribution < 1.29 is 14.3 Å². The molecule has 1 amide bonds. The van der Waals surface area contributed by atoms with Crippen LogP contribution >= 0.6 is 0 Å². The van der Waals surface area contributed by atoms with Crippen molar-refractivity contribution in [2.24, 2.45) is 5.92 Å². The van der Waals surface area contributed by atoms with Gasteiger partial charge in [-0.25, -0.2) is 0 Å². The summed E-state index contributed by atoms with van der Waals surface area (Å²) in [5.74, 6) is 1.92. The van der Waals surface area contributed by atoms with Gasteiger partial charge in [0.15, 0.2) is 0 Å². The fourth-order valence-corrected chi connectivity index (χ4v) is 3.38. The molecule has 21 heavy (non-hydrogen) atoms. The van der Waals surface area contributed by atoms with Gasteiger partial charge in [0.25, 0.3) is 5.91 Å². The number of benzene rings is 1. The van der Waals surface area contributed by atoms with Gasteiger partial charge in [-0.05, 0) is 37.4 Å². The molecule has 0 bridgehead atoms. The van der Waals surface area contributed by atoms with E-state index in [2.05, 4.69) is 5.32 Å². The number of piperidine rings is 1. The minimum absolute atomic E-state index is 0.0554. The molecular formula is C16H22N2O3. The van der Waals surface area contributed by atoms with Crippen molar-refractivity contribution in [1.29, 1.82) is 0 Å². The molecule has 2 unspecified atom stereocenters. The van der Waals surface area contributed by atoms with Crippen molar-refractivity contribution in [3.8, 4) is 11.5 Å². The fraction of sp³-hybridized carbons (Fsp3) is 0.562. The van der Waals surface area contributed by atoms with Crippen molar-refractivity contribution in [1.82, 2.24) is 10.2 Å². The van der Waals surface area contributed by atoms with Gasteiger partial charge in [0, 0.05) is 25.2 Å². The maximum Gasteiger partial charge on any atom is 0.257 e. The first-order valence-corrected chi connectivity index (χ1v) is 7.47. The van der Waals surface area contributed by atoms with Crippen molar-refractivity contribution in [3.05, 3.63) is 23.8 Å². The minimum Gasteiger partial charge on any atom is -0.497 e. The molecule has 114 valence electrons. The van der Waals surface area contributed by atoms with Crippen LogP contribution in [0.2, 0.25) is 0 Å². The Morgan fingerprint density at radius 2 is 2.14 bits per heavy atom. The zero-order chi connectivity index (χ0) is 14.8. The number of fused-ring (bicyclic) bond motifs is 1. The van der Waals surface area contributed by atoms with Crippen LogP contribution in [-0.4, -0.2) is 50.7 Å². The number of methoxy groups -OCH3 is 2. The molecule has 2 atom stereocenters. The van der Waals surface area contributed by atoms with Gasteiger partial charge in [-0.2, -0.15) is 0 Å². The average molecular weight is 290 g/mol. The maximum absolute atomic E-state index is 12.8. The van der Waals surface area contributed by atoms with Gasteiger partial charge in [-0.1, -0.05) is 0 Å². The summed E-state index contributed by atoms with van der Waals surface area (Å²) in [7, 11) is 3.19. The topological polar surface area (TPSA) is 50.8 Å². The zero-order valence-electron chi connectivity index (χ0n) is 12.6. The summed E-state index contributed by atoms with van der Waals surface area (Å²) in [4.78, 5) is 14.7. The van der Waals surface area contributed by atoms with Gasteiger partial charge < -0.3 is 19.7 Å². The highest BCUT2D eigenvalue weighted by atomic mass is 16.5. The van der Waals surface area contributed by atoms with E-state index in [0.717, 1.165) is 32.5 Å². The molecule has 2 heterocycles. The third-order valence-electron chi connectivity index (χ3n) is 4.58. The lowest BCUT2D eigenvalue weighted by atomic mass is 9.93. The number of ether oxygens (including phenoxy) is 2. The molecule has 0 saturated carbocycles. The quantitative estimate of drug-likeness (QED) is 0.917. The summed E-state index contributed by atoms with van der Waals surface area (Å²) >= 11 is 0. The highest BCUT2D eigenvalue weighted by Gasteiger charge is 2.35. The number of carbonyl (C=O) groups excluding carboxylic acids is 1. The lowest BCUT2D eigenvalue weighted by molar-refractivity contribution is 0.0658. The smallest absolute Gasteiger partial charge is 0.257 e. The Labute approximate surface area is 125 Å². The van der Waals surface area contributed by atoms with E-state index in [1.54, 1.807) is 32.4 Å². The normalized spacial score (nSPS) is 24.6. The summed E-state index contributed by atoms with van der Waals surface area (Å²) < 4.78 is 10.5. The average Bonchev–Trinajstić information content (AvgIpc) is 3.01. The molecule has 3 rings (SSSR count). The van der Waals surface area contributed by atoms with E-state index in [1.807, 2.05) is 4.90 Å². The second-order valence-electron chi connectivity index (χ2n) is 5.72. The Morgan fingerprint density at radius 3 is 2.90 bits per heavy atom. The third-order valence-corrected chi connectivity index (χ3v) is 4.58. The van der Waals surface area contributed by atoms with Crippen LogP contribution in [0, 0.1) is 5.92 Å². The molecule has 2 aliphatic rings. The lowest BCUT2D eigenvalue weighted by Crippen LogP contribution is -2.46. The molecule has 0 radical (unpaired) electrons. The Kier molecular flexibility index (Phi) is 4.01. The summed E-state index contributed by atoms with van der Waals surface area (Å²) in [6, 6.07) is 5.95. The molecule has 2 fully saturated rings. The number of nitrogens with one attached hydrogen (secondary N) is 1. The van der Waals surface area contributed by atoms with Crippen molar-refractivity contribution in [2.45, 2.75) is 18.9 Å². The van der Waals surface area contributed by atoms with Gasteiger partial charge in [0.2, 0.25) is 0 Å². The molecule has 0 spiro atoms. The first kappa shape index (κ1) is 14.2. The Balaban J connectivity index is 1.78. The van der Waals surface area contributed by atoms with Crippen molar-refractivity contribution in [3.63, 3.8) is 0 Å². The second-order valence-corrected chi connectivity index (χ2v) is 5.72. The van der Waals surface area contributed by atoms with E-state index in [0.29, 0.717) is 29.0 Å². The lowest BCUT2D eigenvalue weighted by Gasteiger charge is -2.35. The molecule has 5 nitrogen and oxygen atoms in total. The molecule has 2 saturated heterocycles. The van der Waals surface area contributed by atoms with Crippen molar-refractivity contribution >= 4 is 5.91 Å². The van der Waals surface area contributed by atoms with Gasteiger partial charge in [-0.3, -0.25) is 4.79 Å². The fourth-order valence-electron chi connectivity index (χ4n) is 3.38. The van der Waals surface area contributed by atoms with Crippen LogP contribution in [0.25, 0.3) is 0 Å². The molecular weight excluding hydrogens is 268 g/mol. The first-order chi connectivity index (χ1) is 10.2. The molecule has 1 aromatic rings. The summed E-state index contributed by atoms with van der Waals surface area (Å²) in [6.45, 7) is 2.72. The number of likely N-dealkylation sites (tertiary alicyclic amines) is 1. The highest BCUT2D eigenvalue weighted by Crippen LogP contribution is 2.29. The summed E-state index contributed by atoms with van der Waals surface area (Å²) in [5.41, 5.74) is 0.614. The van der Waals surface area contributed by atoms with Gasteiger partial charge >= 0.3 is 0 Å². The van der Waals surface area contributed by atoms with Crippen LogP contribution in [-0.2, 0) is 0 Å². The number of carbonyl (C=O) groups is 1. The van der Waals surface area contributed by atoms with E-state index in [4.69, 9.17) is 9.47 Å². The monoisotopic (exact) mass is 290 g/mol. The van der Waals surface area contributed by atoms with Gasteiger partial charge in [0.05, 0.1) is 19.8 Å². The molecule has 1 N–H and O–H groups in total. The maximum atomic E-state index is 12.8. The van der Waals surface area contributed by atoms with Crippen LogP contribution in [0.4, 0.5) is 0 Å². The Bertz CT molecular complexity index is 532. The van der Waals surface area contributed by atoms with E-state index >= 15 is 0 Å². The van der Waals surface area contributed by atoms with Crippen LogP contribution in [0.3, 0.4) is 0 Å². The standard InChI is InChI=1S/C16H22N2O3/c1-20-12-3-4-13(15(9-12)21-2)16(19)18-8-6-14-11(10-18)5-7-17-14/h3-4,9,11,14,17H,5-8,10H2,1-2H3.